The van der Waals surface area contributed by atoms with E-state index in [1.807, 2.05) is 4.90 Å². The molecule has 3 aromatic rings. The van der Waals surface area contributed by atoms with E-state index in [0.717, 1.165) is 24.7 Å². The summed E-state index contributed by atoms with van der Waals surface area (Å²) in [7, 11) is -4.21. The molecule has 1 amide bonds. The van der Waals surface area contributed by atoms with Crippen molar-refractivity contribution in [1.82, 2.24) is 15.6 Å². The second kappa shape index (κ2) is 9.97. The Morgan fingerprint density at radius 1 is 1.06 bits per heavy atom. The van der Waals surface area contributed by atoms with Crippen LogP contribution in [0.4, 0.5) is 15.8 Å². The minimum Gasteiger partial charge on any atom is -0.367 e. The van der Waals surface area contributed by atoms with Gasteiger partial charge in [-0.1, -0.05) is 12.1 Å². The zero-order valence-electron chi connectivity index (χ0n) is 17.8. The molecule has 1 aromatic heterocycles. The normalized spacial score (nSPS) is 14.0. The van der Waals surface area contributed by atoms with E-state index in [0.29, 0.717) is 25.3 Å². The van der Waals surface area contributed by atoms with Gasteiger partial charge in [0.25, 0.3) is 15.9 Å². The first kappa shape index (κ1) is 22.7. The van der Waals surface area contributed by atoms with Gasteiger partial charge < -0.3 is 15.5 Å². The van der Waals surface area contributed by atoms with Crippen molar-refractivity contribution < 1.29 is 17.6 Å². The lowest BCUT2D eigenvalue weighted by Crippen LogP contribution is -2.43. The Hall–Kier alpha value is -3.50. The van der Waals surface area contributed by atoms with E-state index in [1.54, 1.807) is 36.7 Å². The van der Waals surface area contributed by atoms with Gasteiger partial charge in [0.1, 0.15) is 10.7 Å². The topological polar surface area (TPSA) is 103 Å². The van der Waals surface area contributed by atoms with Gasteiger partial charge in [-0.3, -0.25) is 14.5 Å². The first-order valence-electron chi connectivity index (χ1n) is 10.5. The lowest BCUT2D eigenvalue weighted by atomic mass is 10.1. The summed E-state index contributed by atoms with van der Waals surface area (Å²) < 4.78 is 42.6. The van der Waals surface area contributed by atoms with Gasteiger partial charge in [0.2, 0.25) is 0 Å². The van der Waals surface area contributed by atoms with Crippen molar-refractivity contribution in [2.75, 3.05) is 35.8 Å². The number of benzene rings is 2. The lowest BCUT2D eigenvalue weighted by Gasteiger charge is -2.31. The van der Waals surface area contributed by atoms with Gasteiger partial charge in [-0.2, -0.15) is 0 Å². The second-order valence-corrected chi connectivity index (χ2v) is 9.19. The summed E-state index contributed by atoms with van der Waals surface area (Å²) in [6, 6.07) is 13.6. The van der Waals surface area contributed by atoms with E-state index in [-0.39, 0.29) is 17.2 Å². The molecule has 8 nitrogen and oxygen atoms in total. The Labute approximate surface area is 191 Å². The monoisotopic (exact) mass is 469 g/mol. The molecule has 3 N–H and O–H groups in total. The predicted octanol–water partition coefficient (Wildman–Crippen LogP) is 2.36. The standard InChI is InChI=1S/C23H24FN5O3S/c24-19-3-1-2-4-22(19)33(31,32)28-20-15-18(5-6-21(20)29-13-11-26-12-14-29)23(30)27-16-17-7-9-25-10-8-17/h1-10,15,26,28H,11-14,16H2,(H,27,30). The van der Waals surface area contributed by atoms with Gasteiger partial charge in [0, 0.05) is 50.7 Å². The van der Waals surface area contributed by atoms with Crippen molar-refractivity contribution in [3.63, 3.8) is 0 Å². The van der Waals surface area contributed by atoms with Gasteiger partial charge in [0.15, 0.2) is 0 Å². The second-order valence-electron chi connectivity index (χ2n) is 7.54. The molecule has 0 unspecified atom stereocenters. The Bertz CT molecular complexity index is 1230. The van der Waals surface area contributed by atoms with E-state index in [2.05, 4.69) is 20.3 Å². The number of hydrogen-bond acceptors (Lipinski definition) is 6. The molecule has 172 valence electrons. The number of nitrogens with one attached hydrogen (secondary N) is 3. The van der Waals surface area contributed by atoms with Crippen LogP contribution in [0.1, 0.15) is 15.9 Å². The molecule has 2 aromatic carbocycles. The third-order valence-electron chi connectivity index (χ3n) is 5.29. The number of carbonyl (C=O) groups is 1. The minimum atomic E-state index is -4.21. The molecule has 0 atom stereocenters. The first-order valence-corrected chi connectivity index (χ1v) is 12.0. The third-order valence-corrected chi connectivity index (χ3v) is 6.69. The quantitative estimate of drug-likeness (QED) is 0.491. The van der Waals surface area contributed by atoms with E-state index < -0.39 is 20.7 Å². The summed E-state index contributed by atoms with van der Waals surface area (Å²) in [6.07, 6.45) is 3.28. The zero-order valence-corrected chi connectivity index (χ0v) is 18.6. The minimum absolute atomic E-state index is 0.219. The van der Waals surface area contributed by atoms with Crippen LogP contribution in [0.15, 0.2) is 71.9 Å². The number of pyridine rings is 1. The Morgan fingerprint density at radius 3 is 2.52 bits per heavy atom. The number of rotatable bonds is 7. The fourth-order valence-electron chi connectivity index (χ4n) is 3.59. The van der Waals surface area contributed by atoms with Crippen molar-refractivity contribution in [2.45, 2.75) is 11.4 Å². The Morgan fingerprint density at radius 2 is 1.79 bits per heavy atom. The highest BCUT2D eigenvalue weighted by atomic mass is 32.2. The van der Waals surface area contributed by atoms with Crippen molar-refractivity contribution >= 4 is 27.3 Å². The molecule has 1 aliphatic rings. The maximum Gasteiger partial charge on any atom is 0.264 e. The summed E-state index contributed by atoms with van der Waals surface area (Å²) in [5.41, 5.74) is 2.02. The Balaban J connectivity index is 1.63. The third kappa shape index (κ3) is 5.47. The van der Waals surface area contributed by atoms with Crippen LogP contribution in [0.3, 0.4) is 0 Å². The smallest absolute Gasteiger partial charge is 0.264 e. The fraction of sp³-hybridized carbons (Fsp3) is 0.217. The summed E-state index contributed by atoms with van der Waals surface area (Å²) in [4.78, 5) is 18.3. The summed E-state index contributed by atoms with van der Waals surface area (Å²) >= 11 is 0. The van der Waals surface area contributed by atoms with Crippen LogP contribution in [-0.2, 0) is 16.6 Å². The molecule has 0 radical (unpaired) electrons. The molecule has 10 heteroatoms. The highest BCUT2D eigenvalue weighted by molar-refractivity contribution is 7.92. The van der Waals surface area contributed by atoms with Gasteiger partial charge in [-0.25, -0.2) is 12.8 Å². The van der Waals surface area contributed by atoms with Crippen molar-refractivity contribution in [3.05, 3.63) is 83.9 Å². The number of piperazine rings is 1. The van der Waals surface area contributed by atoms with E-state index in [1.165, 1.54) is 24.3 Å². The van der Waals surface area contributed by atoms with Crippen LogP contribution < -0.4 is 20.3 Å². The summed E-state index contributed by atoms with van der Waals surface area (Å²) in [5, 5.41) is 6.07. The van der Waals surface area contributed by atoms with Crippen molar-refractivity contribution in [1.29, 1.82) is 0 Å². The molecule has 1 saturated heterocycles. The van der Waals surface area contributed by atoms with Crippen LogP contribution in [0.5, 0.6) is 0 Å². The number of aromatic nitrogens is 1. The summed E-state index contributed by atoms with van der Waals surface area (Å²) in [5.74, 6) is -1.20. The van der Waals surface area contributed by atoms with E-state index >= 15 is 0 Å². The number of sulfonamides is 1. The summed E-state index contributed by atoms with van der Waals surface area (Å²) in [6.45, 7) is 3.13. The molecule has 0 saturated carbocycles. The van der Waals surface area contributed by atoms with Crippen LogP contribution in [-0.4, -0.2) is 45.5 Å². The highest BCUT2D eigenvalue weighted by Gasteiger charge is 2.23. The van der Waals surface area contributed by atoms with E-state index in [9.17, 15) is 17.6 Å². The Kier molecular flexibility index (Phi) is 6.85. The molecule has 0 bridgehead atoms. The molecule has 1 aliphatic heterocycles. The van der Waals surface area contributed by atoms with Crippen LogP contribution in [0, 0.1) is 5.82 Å². The first-order chi connectivity index (χ1) is 15.9. The number of carbonyl (C=O) groups excluding carboxylic acids is 1. The number of nitrogens with zero attached hydrogens (tertiary/aromatic N) is 2. The molecule has 33 heavy (non-hydrogen) atoms. The molecule has 1 fully saturated rings. The van der Waals surface area contributed by atoms with Crippen LogP contribution in [0.25, 0.3) is 0 Å². The van der Waals surface area contributed by atoms with Crippen molar-refractivity contribution in [3.8, 4) is 0 Å². The van der Waals surface area contributed by atoms with Gasteiger partial charge in [-0.15, -0.1) is 0 Å². The molecular weight excluding hydrogens is 445 g/mol. The number of amides is 1. The predicted molar refractivity (Wildman–Crippen MR) is 124 cm³/mol. The SMILES string of the molecule is O=C(NCc1ccncc1)c1ccc(N2CCNCC2)c(NS(=O)(=O)c2ccccc2F)c1. The highest BCUT2D eigenvalue weighted by Crippen LogP contribution is 2.30. The van der Waals surface area contributed by atoms with E-state index in [4.69, 9.17) is 0 Å². The van der Waals surface area contributed by atoms with Gasteiger partial charge in [-0.05, 0) is 48.0 Å². The number of halogens is 1. The largest absolute Gasteiger partial charge is 0.367 e. The van der Waals surface area contributed by atoms with Gasteiger partial charge in [0.05, 0.1) is 11.4 Å². The lowest BCUT2D eigenvalue weighted by molar-refractivity contribution is 0.0951. The maximum atomic E-state index is 14.2. The van der Waals surface area contributed by atoms with Crippen LogP contribution in [0.2, 0.25) is 0 Å². The zero-order chi connectivity index (χ0) is 23.3. The van der Waals surface area contributed by atoms with Crippen LogP contribution >= 0.6 is 0 Å². The maximum absolute atomic E-state index is 14.2. The molecule has 0 aliphatic carbocycles. The number of hydrogen-bond donors (Lipinski definition) is 3. The average molecular weight is 470 g/mol. The molecule has 4 rings (SSSR count). The van der Waals surface area contributed by atoms with Gasteiger partial charge >= 0.3 is 0 Å². The molecule has 0 spiro atoms. The number of anilines is 2. The fourth-order valence-corrected chi connectivity index (χ4v) is 4.73. The molecule has 2 heterocycles. The van der Waals surface area contributed by atoms with Crippen molar-refractivity contribution in [2.24, 2.45) is 0 Å². The average Bonchev–Trinajstić information content (AvgIpc) is 2.83. The molecular formula is C23H24FN5O3S.